The molecule has 5 heteroatoms. The second-order valence-electron chi connectivity index (χ2n) is 6.38. The van der Waals surface area contributed by atoms with E-state index in [2.05, 4.69) is 5.32 Å². The molecular formula is C20H23N3O2. The molecule has 1 aliphatic heterocycles. The van der Waals surface area contributed by atoms with Gasteiger partial charge in [-0.2, -0.15) is 0 Å². The summed E-state index contributed by atoms with van der Waals surface area (Å²) in [5, 5.41) is 2.95. The number of benzene rings is 2. The van der Waals surface area contributed by atoms with Crippen molar-refractivity contribution < 1.29 is 9.59 Å². The van der Waals surface area contributed by atoms with Gasteiger partial charge >= 0.3 is 0 Å². The molecule has 1 heterocycles. The first-order chi connectivity index (χ1) is 12.1. The Morgan fingerprint density at radius 2 is 1.80 bits per heavy atom. The number of hydrogen-bond donors (Lipinski definition) is 2. The van der Waals surface area contributed by atoms with Gasteiger partial charge in [0.2, 0.25) is 11.8 Å². The third-order valence-electron chi connectivity index (χ3n) is 4.66. The molecule has 0 radical (unpaired) electrons. The van der Waals surface area contributed by atoms with Gasteiger partial charge in [-0.3, -0.25) is 9.59 Å². The fourth-order valence-corrected chi connectivity index (χ4v) is 3.09. The van der Waals surface area contributed by atoms with Crippen molar-refractivity contribution in [3.8, 4) is 0 Å². The van der Waals surface area contributed by atoms with E-state index in [0.29, 0.717) is 18.7 Å². The summed E-state index contributed by atoms with van der Waals surface area (Å²) >= 11 is 0. The van der Waals surface area contributed by atoms with Crippen LogP contribution in [0.3, 0.4) is 0 Å². The second kappa shape index (κ2) is 7.49. The minimum Gasteiger partial charge on any atom is -0.324 e. The van der Waals surface area contributed by atoms with Gasteiger partial charge in [-0.15, -0.1) is 0 Å². The van der Waals surface area contributed by atoms with E-state index in [4.69, 9.17) is 5.73 Å². The molecule has 130 valence electrons. The molecule has 2 atom stereocenters. The van der Waals surface area contributed by atoms with Crippen molar-refractivity contribution in [3.63, 3.8) is 0 Å². The fourth-order valence-electron chi connectivity index (χ4n) is 3.09. The third kappa shape index (κ3) is 3.72. The molecule has 0 aromatic heterocycles. The molecule has 1 aliphatic rings. The Morgan fingerprint density at radius 1 is 1.12 bits per heavy atom. The van der Waals surface area contributed by atoms with Crippen LogP contribution in [0.4, 0.5) is 11.4 Å². The highest BCUT2D eigenvalue weighted by molar-refractivity contribution is 6.02. The van der Waals surface area contributed by atoms with Gasteiger partial charge in [-0.1, -0.05) is 49.4 Å². The minimum atomic E-state index is -0.398. The Kier molecular flexibility index (Phi) is 5.14. The van der Waals surface area contributed by atoms with Crippen LogP contribution in [0.2, 0.25) is 0 Å². The summed E-state index contributed by atoms with van der Waals surface area (Å²) < 4.78 is 0. The number of para-hydroxylation sites is 2. The summed E-state index contributed by atoms with van der Waals surface area (Å²) in [5.41, 5.74) is 8.57. The standard InChI is InChI=1S/C20H23N3O2/c1-14(19(21)15-8-3-2-4-9-15)20(25)22-16-10-5-6-11-17(16)23-13-7-12-18(23)24/h2-6,8-11,14,19H,7,12-13,21H2,1H3,(H,22,25). The summed E-state index contributed by atoms with van der Waals surface area (Å²) in [4.78, 5) is 26.4. The lowest BCUT2D eigenvalue weighted by Gasteiger charge is -2.23. The lowest BCUT2D eigenvalue weighted by molar-refractivity contribution is -0.120. The lowest BCUT2D eigenvalue weighted by Crippen LogP contribution is -2.31. The molecule has 3 rings (SSSR count). The summed E-state index contributed by atoms with van der Waals surface area (Å²) in [6.45, 7) is 2.50. The largest absolute Gasteiger partial charge is 0.324 e. The summed E-state index contributed by atoms with van der Waals surface area (Å²) in [6.07, 6.45) is 1.40. The molecule has 3 N–H and O–H groups in total. The van der Waals surface area contributed by atoms with Crippen molar-refractivity contribution in [2.75, 3.05) is 16.8 Å². The number of amides is 2. The molecule has 5 nitrogen and oxygen atoms in total. The first-order valence-electron chi connectivity index (χ1n) is 8.58. The average molecular weight is 337 g/mol. The Hall–Kier alpha value is -2.66. The Balaban J connectivity index is 1.76. The van der Waals surface area contributed by atoms with Gasteiger partial charge in [-0.25, -0.2) is 0 Å². The summed E-state index contributed by atoms with van der Waals surface area (Å²) in [7, 11) is 0. The molecule has 0 spiro atoms. The molecule has 2 amide bonds. The fraction of sp³-hybridized carbons (Fsp3) is 0.300. The zero-order valence-corrected chi connectivity index (χ0v) is 14.3. The van der Waals surface area contributed by atoms with Gasteiger partial charge in [0.25, 0.3) is 0 Å². The van der Waals surface area contributed by atoms with E-state index in [1.54, 1.807) is 4.90 Å². The molecule has 1 fully saturated rings. The maximum atomic E-state index is 12.7. The van der Waals surface area contributed by atoms with Crippen LogP contribution in [0, 0.1) is 5.92 Å². The number of hydrogen-bond acceptors (Lipinski definition) is 3. The predicted molar refractivity (Wildman–Crippen MR) is 99.2 cm³/mol. The van der Waals surface area contributed by atoms with Gasteiger partial charge in [0, 0.05) is 19.0 Å². The van der Waals surface area contributed by atoms with Crippen molar-refractivity contribution in [2.45, 2.75) is 25.8 Å². The van der Waals surface area contributed by atoms with Crippen LogP contribution in [0.15, 0.2) is 54.6 Å². The Morgan fingerprint density at radius 3 is 2.48 bits per heavy atom. The molecule has 25 heavy (non-hydrogen) atoms. The van der Waals surface area contributed by atoms with E-state index in [-0.39, 0.29) is 17.9 Å². The molecule has 2 aromatic rings. The van der Waals surface area contributed by atoms with Crippen LogP contribution in [-0.2, 0) is 9.59 Å². The number of anilines is 2. The Labute approximate surface area is 147 Å². The number of nitrogens with one attached hydrogen (secondary N) is 1. The van der Waals surface area contributed by atoms with Crippen LogP contribution in [0.1, 0.15) is 31.4 Å². The van der Waals surface area contributed by atoms with E-state index in [1.807, 2.05) is 61.5 Å². The van der Waals surface area contributed by atoms with E-state index in [0.717, 1.165) is 17.7 Å². The van der Waals surface area contributed by atoms with Gasteiger partial charge in [0.05, 0.1) is 17.3 Å². The van der Waals surface area contributed by atoms with E-state index in [9.17, 15) is 9.59 Å². The first kappa shape index (κ1) is 17.2. The highest BCUT2D eigenvalue weighted by atomic mass is 16.2. The molecule has 0 saturated carbocycles. The maximum absolute atomic E-state index is 12.7. The van der Waals surface area contributed by atoms with Crippen molar-refractivity contribution in [1.82, 2.24) is 0 Å². The van der Waals surface area contributed by atoms with Crippen molar-refractivity contribution in [2.24, 2.45) is 11.7 Å². The number of carbonyl (C=O) groups excluding carboxylic acids is 2. The number of rotatable bonds is 5. The van der Waals surface area contributed by atoms with Gasteiger partial charge in [-0.05, 0) is 24.1 Å². The summed E-state index contributed by atoms with van der Waals surface area (Å²) in [5.74, 6) is -0.462. The summed E-state index contributed by atoms with van der Waals surface area (Å²) in [6, 6.07) is 16.6. The molecule has 1 saturated heterocycles. The van der Waals surface area contributed by atoms with E-state index >= 15 is 0 Å². The van der Waals surface area contributed by atoms with Crippen LogP contribution in [0.5, 0.6) is 0 Å². The van der Waals surface area contributed by atoms with Crippen LogP contribution >= 0.6 is 0 Å². The number of nitrogens with zero attached hydrogens (tertiary/aromatic N) is 1. The predicted octanol–water partition coefficient (Wildman–Crippen LogP) is 3.09. The van der Waals surface area contributed by atoms with Gasteiger partial charge in [0.1, 0.15) is 0 Å². The van der Waals surface area contributed by atoms with Crippen LogP contribution in [-0.4, -0.2) is 18.4 Å². The number of nitrogens with two attached hydrogens (primary N) is 1. The molecule has 2 unspecified atom stereocenters. The number of carbonyl (C=O) groups is 2. The van der Waals surface area contributed by atoms with E-state index < -0.39 is 5.92 Å². The molecule has 2 aromatic carbocycles. The zero-order valence-electron chi connectivity index (χ0n) is 14.3. The smallest absolute Gasteiger partial charge is 0.229 e. The maximum Gasteiger partial charge on any atom is 0.229 e. The minimum absolute atomic E-state index is 0.0933. The highest BCUT2D eigenvalue weighted by Crippen LogP contribution is 2.30. The van der Waals surface area contributed by atoms with Crippen molar-refractivity contribution in [1.29, 1.82) is 0 Å². The normalized spacial score (nSPS) is 16.6. The topological polar surface area (TPSA) is 75.4 Å². The van der Waals surface area contributed by atoms with Crippen molar-refractivity contribution in [3.05, 3.63) is 60.2 Å². The first-order valence-corrected chi connectivity index (χ1v) is 8.58. The molecular weight excluding hydrogens is 314 g/mol. The average Bonchev–Trinajstić information content (AvgIpc) is 3.07. The van der Waals surface area contributed by atoms with E-state index in [1.165, 1.54) is 0 Å². The van der Waals surface area contributed by atoms with Crippen LogP contribution in [0.25, 0.3) is 0 Å². The quantitative estimate of drug-likeness (QED) is 0.880. The van der Waals surface area contributed by atoms with Crippen molar-refractivity contribution >= 4 is 23.2 Å². The SMILES string of the molecule is CC(C(=O)Nc1ccccc1N1CCCC1=O)C(N)c1ccccc1. The Bertz CT molecular complexity index is 761. The van der Waals surface area contributed by atoms with Crippen LogP contribution < -0.4 is 16.0 Å². The van der Waals surface area contributed by atoms with Gasteiger partial charge < -0.3 is 16.0 Å². The molecule has 0 bridgehead atoms. The lowest BCUT2D eigenvalue weighted by atomic mass is 9.94. The zero-order chi connectivity index (χ0) is 17.8. The third-order valence-corrected chi connectivity index (χ3v) is 4.66. The van der Waals surface area contributed by atoms with Gasteiger partial charge in [0.15, 0.2) is 0 Å². The molecule has 0 aliphatic carbocycles. The monoisotopic (exact) mass is 337 g/mol. The highest BCUT2D eigenvalue weighted by Gasteiger charge is 2.26. The second-order valence-corrected chi connectivity index (χ2v) is 6.38.